The zero-order chi connectivity index (χ0) is 12.1. The highest BCUT2D eigenvalue weighted by molar-refractivity contribution is 5.28. The molecule has 17 heavy (non-hydrogen) atoms. The van der Waals surface area contributed by atoms with Crippen LogP contribution in [-0.4, -0.2) is 11.7 Å². The fraction of sp³-hybridized carbons (Fsp3) is 1.00. The minimum atomic E-state index is 0.293. The van der Waals surface area contributed by atoms with Crippen molar-refractivity contribution in [2.75, 3.05) is 6.61 Å². The molecule has 1 nitrogen and oxygen atoms in total. The summed E-state index contributed by atoms with van der Waals surface area (Å²) in [7, 11) is 0. The molecule has 4 bridgehead atoms. The van der Waals surface area contributed by atoms with Gasteiger partial charge in [-0.05, 0) is 72.0 Å². The van der Waals surface area contributed by atoms with Gasteiger partial charge in [-0.15, -0.1) is 0 Å². The van der Waals surface area contributed by atoms with Crippen LogP contribution in [0.2, 0.25) is 0 Å². The zero-order valence-electron chi connectivity index (χ0n) is 11.5. The SMILES string of the molecule is CC1(CC[C@H]2C[C@@]2(C)CO)C2CC3C(C2)C31C. The van der Waals surface area contributed by atoms with Crippen LogP contribution in [0.3, 0.4) is 0 Å². The molecule has 5 aliphatic carbocycles. The Labute approximate surface area is 105 Å². The van der Waals surface area contributed by atoms with Crippen LogP contribution in [-0.2, 0) is 0 Å². The second-order valence-electron chi connectivity index (χ2n) is 8.33. The van der Waals surface area contributed by atoms with Crippen LogP contribution >= 0.6 is 0 Å². The van der Waals surface area contributed by atoms with Crippen LogP contribution in [0.25, 0.3) is 0 Å². The fourth-order valence-corrected chi connectivity index (χ4v) is 6.13. The molecule has 0 saturated heterocycles. The highest BCUT2D eigenvalue weighted by Gasteiger charge is 2.80. The molecule has 0 amide bonds. The van der Waals surface area contributed by atoms with Gasteiger partial charge < -0.3 is 5.11 Å². The molecule has 0 heterocycles. The summed E-state index contributed by atoms with van der Waals surface area (Å²) >= 11 is 0. The first-order valence-electron chi connectivity index (χ1n) is 7.56. The van der Waals surface area contributed by atoms with E-state index in [1.165, 1.54) is 19.3 Å². The number of hydrogen-bond donors (Lipinski definition) is 1. The van der Waals surface area contributed by atoms with E-state index in [1.54, 1.807) is 12.8 Å². The monoisotopic (exact) mass is 234 g/mol. The summed E-state index contributed by atoms with van der Waals surface area (Å²) in [6.45, 7) is 7.83. The Balaban J connectivity index is 1.44. The van der Waals surface area contributed by atoms with Crippen LogP contribution in [0.5, 0.6) is 0 Å². The van der Waals surface area contributed by atoms with E-state index in [2.05, 4.69) is 20.8 Å². The standard InChI is InChI=1S/C16H26O/c1-14(9-17)8-10(14)4-5-15(2)11-6-12-13(7-11)16(12,15)3/h10-13,17H,4-9H2,1-3H3/t10-,11?,12?,13?,14-,15?,16?/m0/s1. The van der Waals surface area contributed by atoms with E-state index < -0.39 is 0 Å². The second-order valence-corrected chi connectivity index (χ2v) is 8.33. The van der Waals surface area contributed by atoms with Crippen molar-refractivity contribution in [3.05, 3.63) is 0 Å². The minimum absolute atomic E-state index is 0.293. The molecular weight excluding hydrogens is 208 g/mol. The van der Waals surface area contributed by atoms with Crippen LogP contribution in [0, 0.1) is 39.9 Å². The first kappa shape index (κ1) is 10.8. The van der Waals surface area contributed by atoms with Crippen molar-refractivity contribution in [1.29, 1.82) is 0 Å². The van der Waals surface area contributed by atoms with Crippen LogP contribution in [0.15, 0.2) is 0 Å². The quantitative estimate of drug-likeness (QED) is 0.789. The van der Waals surface area contributed by atoms with Gasteiger partial charge in [0, 0.05) is 6.61 Å². The summed E-state index contributed by atoms with van der Waals surface area (Å²) < 4.78 is 0. The lowest BCUT2D eigenvalue weighted by Crippen LogP contribution is -2.27. The third-order valence-electron chi connectivity index (χ3n) is 8.04. The molecule has 5 saturated carbocycles. The Hall–Kier alpha value is -0.0400. The molecular formula is C16H26O. The van der Waals surface area contributed by atoms with E-state index in [9.17, 15) is 5.11 Å². The molecule has 1 N–H and O–H groups in total. The van der Waals surface area contributed by atoms with Crippen molar-refractivity contribution in [3.8, 4) is 0 Å². The molecule has 1 heteroatoms. The molecule has 0 aromatic rings. The van der Waals surface area contributed by atoms with Crippen molar-refractivity contribution in [1.82, 2.24) is 0 Å². The summed E-state index contributed by atoms with van der Waals surface area (Å²) in [5, 5.41) is 9.36. The Morgan fingerprint density at radius 2 is 1.76 bits per heavy atom. The predicted molar refractivity (Wildman–Crippen MR) is 68.5 cm³/mol. The maximum absolute atomic E-state index is 9.36. The minimum Gasteiger partial charge on any atom is -0.396 e. The zero-order valence-corrected chi connectivity index (χ0v) is 11.5. The van der Waals surface area contributed by atoms with Crippen molar-refractivity contribution < 1.29 is 5.11 Å². The van der Waals surface area contributed by atoms with Crippen LogP contribution in [0.1, 0.15) is 52.9 Å². The fourth-order valence-electron chi connectivity index (χ4n) is 6.13. The largest absolute Gasteiger partial charge is 0.396 e. The number of hydrogen-bond acceptors (Lipinski definition) is 1. The highest BCUT2D eigenvalue weighted by atomic mass is 16.3. The van der Waals surface area contributed by atoms with Gasteiger partial charge in [0.25, 0.3) is 0 Å². The second kappa shape index (κ2) is 2.76. The maximum atomic E-state index is 9.36. The van der Waals surface area contributed by atoms with E-state index in [0.29, 0.717) is 17.4 Å². The summed E-state index contributed by atoms with van der Waals surface area (Å²) in [6, 6.07) is 0. The molecule has 5 rings (SSSR count). The average molecular weight is 234 g/mol. The average Bonchev–Trinajstić information content (AvgIpc) is 2.94. The van der Waals surface area contributed by atoms with Gasteiger partial charge in [-0.2, -0.15) is 0 Å². The van der Waals surface area contributed by atoms with Gasteiger partial charge in [-0.25, -0.2) is 0 Å². The summed E-state index contributed by atoms with van der Waals surface area (Å²) in [5.74, 6) is 4.06. The third kappa shape index (κ3) is 1.03. The van der Waals surface area contributed by atoms with E-state index in [-0.39, 0.29) is 0 Å². The van der Waals surface area contributed by atoms with E-state index >= 15 is 0 Å². The molecule has 96 valence electrons. The van der Waals surface area contributed by atoms with E-state index in [4.69, 9.17) is 0 Å². The van der Waals surface area contributed by atoms with E-state index in [0.717, 1.165) is 29.1 Å². The molecule has 0 aromatic carbocycles. The van der Waals surface area contributed by atoms with Crippen LogP contribution < -0.4 is 0 Å². The lowest BCUT2D eigenvalue weighted by Gasteiger charge is -2.34. The molecule has 3 unspecified atom stereocenters. The molecule has 0 aliphatic heterocycles. The van der Waals surface area contributed by atoms with Gasteiger partial charge in [0.05, 0.1) is 0 Å². The van der Waals surface area contributed by atoms with Crippen molar-refractivity contribution in [2.24, 2.45) is 39.9 Å². The first-order chi connectivity index (χ1) is 7.96. The Kier molecular flexibility index (Phi) is 1.76. The van der Waals surface area contributed by atoms with Crippen molar-refractivity contribution in [2.45, 2.75) is 52.9 Å². The Morgan fingerprint density at radius 3 is 2.18 bits per heavy atom. The van der Waals surface area contributed by atoms with Crippen molar-refractivity contribution in [3.63, 3.8) is 0 Å². The van der Waals surface area contributed by atoms with Crippen molar-refractivity contribution >= 4 is 0 Å². The Bertz CT molecular complexity index is 364. The third-order valence-corrected chi connectivity index (χ3v) is 8.04. The number of aliphatic hydroxyl groups excluding tert-OH is 1. The number of aliphatic hydroxyl groups is 1. The van der Waals surface area contributed by atoms with Crippen LogP contribution in [0.4, 0.5) is 0 Å². The van der Waals surface area contributed by atoms with E-state index in [1.807, 2.05) is 0 Å². The maximum Gasteiger partial charge on any atom is 0.0487 e. The van der Waals surface area contributed by atoms with Gasteiger partial charge in [-0.1, -0.05) is 20.8 Å². The van der Waals surface area contributed by atoms with Gasteiger partial charge in [0.15, 0.2) is 0 Å². The van der Waals surface area contributed by atoms with Gasteiger partial charge in [-0.3, -0.25) is 0 Å². The smallest absolute Gasteiger partial charge is 0.0487 e. The van der Waals surface area contributed by atoms with Gasteiger partial charge in [0.2, 0.25) is 0 Å². The molecule has 5 atom stereocenters. The molecule has 5 fully saturated rings. The molecule has 5 aliphatic rings. The highest BCUT2D eigenvalue weighted by Crippen LogP contribution is 2.87. The molecule has 0 radical (unpaired) electrons. The first-order valence-corrected chi connectivity index (χ1v) is 7.56. The summed E-state index contributed by atoms with van der Waals surface area (Å²) in [6.07, 6.45) is 7.16. The Morgan fingerprint density at radius 1 is 1.12 bits per heavy atom. The number of rotatable bonds is 4. The molecule has 0 aromatic heterocycles. The summed E-state index contributed by atoms with van der Waals surface area (Å²) in [4.78, 5) is 0. The molecule has 0 spiro atoms. The normalized spacial score (nSPS) is 66.4. The summed E-state index contributed by atoms with van der Waals surface area (Å²) in [5.41, 5.74) is 1.67. The van der Waals surface area contributed by atoms with Gasteiger partial charge in [0.1, 0.15) is 0 Å². The predicted octanol–water partition coefficient (Wildman–Crippen LogP) is 3.47. The lowest BCUT2D eigenvalue weighted by atomic mass is 9.70. The topological polar surface area (TPSA) is 20.2 Å². The van der Waals surface area contributed by atoms with Gasteiger partial charge >= 0.3 is 0 Å². The lowest BCUT2D eigenvalue weighted by molar-refractivity contribution is 0.138.